The summed E-state index contributed by atoms with van der Waals surface area (Å²) in [6.07, 6.45) is 0.979. The number of nitrogens with zero attached hydrogens (tertiary/aromatic N) is 4. The van der Waals surface area contributed by atoms with Gasteiger partial charge in [-0.1, -0.05) is 45.4 Å². The van der Waals surface area contributed by atoms with Crippen molar-refractivity contribution in [2.45, 2.75) is 31.7 Å². The second-order valence-corrected chi connectivity index (χ2v) is 9.14. The van der Waals surface area contributed by atoms with Crippen LogP contribution in [0.25, 0.3) is 0 Å². The van der Waals surface area contributed by atoms with Gasteiger partial charge in [-0.2, -0.15) is 0 Å². The van der Waals surface area contributed by atoms with Gasteiger partial charge in [-0.3, -0.25) is 0 Å². The van der Waals surface area contributed by atoms with Gasteiger partial charge in [0.2, 0.25) is 5.16 Å². The molecule has 1 N–H and O–H groups in total. The Kier molecular flexibility index (Phi) is 9.58. The molecule has 2 aromatic carbocycles. The van der Waals surface area contributed by atoms with Crippen molar-refractivity contribution in [1.29, 1.82) is 0 Å². The van der Waals surface area contributed by atoms with Crippen molar-refractivity contribution in [2.24, 2.45) is 7.05 Å². The summed E-state index contributed by atoms with van der Waals surface area (Å²) < 4.78 is 27.5. The zero-order chi connectivity index (χ0) is 22.9. The van der Waals surface area contributed by atoms with E-state index in [0.29, 0.717) is 35.2 Å². The second-order valence-electron chi connectivity index (χ2n) is 6.81. The van der Waals surface area contributed by atoms with Crippen LogP contribution in [0.1, 0.15) is 24.5 Å². The summed E-state index contributed by atoms with van der Waals surface area (Å²) in [6.45, 7) is 4.18. The minimum Gasteiger partial charge on any atom is -0.490 e. The number of hydrogen-bond donors (Lipinski definition) is 1. The Labute approximate surface area is 204 Å². The van der Waals surface area contributed by atoms with Crippen LogP contribution in [0.15, 0.2) is 40.0 Å². The Balaban J connectivity index is 1.54. The molecule has 1 aromatic heterocycles. The average Bonchev–Trinajstić information content (AvgIpc) is 3.17. The standard InChI is InChI=1S/C21H24BrClFN5O2S/c1-3-30-19-9-15(12-25-7-4-8-32-21-26-27-28-29(21)2)17(22)11-20(19)31-13-14-5-6-16(24)10-18(14)23/h5-6,9-11,25H,3-4,7-8,12-13H2,1-2H3. The predicted octanol–water partition coefficient (Wildman–Crippen LogP) is 5.01. The molecule has 0 fully saturated rings. The van der Waals surface area contributed by atoms with Crippen LogP contribution in [0, 0.1) is 5.82 Å². The lowest BCUT2D eigenvalue weighted by Crippen LogP contribution is -2.16. The monoisotopic (exact) mass is 543 g/mol. The number of hydrogen-bond acceptors (Lipinski definition) is 7. The van der Waals surface area contributed by atoms with Crippen molar-refractivity contribution in [3.8, 4) is 11.5 Å². The Bertz CT molecular complexity index is 1040. The highest BCUT2D eigenvalue weighted by atomic mass is 79.9. The Hall–Kier alpha value is -1.88. The van der Waals surface area contributed by atoms with E-state index in [1.165, 1.54) is 12.1 Å². The van der Waals surface area contributed by atoms with E-state index in [1.807, 2.05) is 26.1 Å². The molecular formula is C21H24BrClFN5O2S. The zero-order valence-corrected chi connectivity index (χ0v) is 20.9. The third-order valence-corrected chi connectivity index (χ3v) is 6.62. The number of nitrogens with one attached hydrogen (secondary N) is 1. The molecule has 0 radical (unpaired) electrons. The average molecular weight is 545 g/mol. The lowest BCUT2D eigenvalue weighted by molar-refractivity contribution is 0.269. The molecule has 3 aromatic rings. The molecule has 11 heteroatoms. The molecule has 0 aliphatic heterocycles. The first-order valence-corrected chi connectivity index (χ1v) is 12.2. The lowest BCUT2D eigenvalue weighted by Gasteiger charge is -2.16. The smallest absolute Gasteiger partial charge is 0.209 e. The van der Waals surface area contributed by atoms with Gasteiger partial charge in [0.25, 0.3) is 0 Å². The fourth-order valence-electron chi connectivity index (χ4n) is 2.82. The van der Waals surface area contributed by atoms with E-state index in [9.17, 15) is 4.39 Å². The molecule has 0 aliphatic rings. The molecule has 0 saturated heterocycles. The van der Waals surface area contributed by atoms with Crippen LogP contribution in [0.5, 0.6) is 11.5 Å². The van der Waals surface area contributed by atoms with E-state index in [2.05, 4.69) is 36.8 Å². The van der Waals surface area contributed by atoms with Crippen molar-refractivity contribution >= 4 is 39.3 Å². The van der Waals surface area contributed by atoms with Gasteiger partial charge in [-0.15, -0.1) is 5.10 Å². The van der Waals surface area contributed by atoms with Gasteiger partial charge in [0, 0.05) is 29.4 Å². The number of tetrazole rings is 1. The van der Waals surface area contributed by atoms with E-state index >= 15 is 0 Å². The Morgan fingerprint density at radius 1 is 1.19 bits per heavy atom. The maximum absolute atomic E-state index is 13.3. The first-order valence-electron chi connectivity index (χ1n) is 10.1. The first-order chi connectivity index (χ1) is 15.5. The predicted molar refractivity (Wildman–Crippen MR) is 127 cm³/mol. The summed E-state index contributed by atoms with van der Waals surface area (Å²) in [6, 6.07) is 8.10. The minimum atomic E-state index is -0.377. The first kappa shape index (κ1) is 24.8. The zero-order valence-electron chi connectivity index (χ0n) is 17.8. The Morgan fingerprint density at radius 3 is 2.72 bits per heavy atom. The maximum atomic E-state index is 13.3. The van der Waals surface area contributed by atoms with Crippen molar-refractivity contribution in [2.75, 3.05) is 18.9 Å². The third kappa shape index (κ3) is 7.06. The summed E-state index contributed by atoms with van der Waals surface area (Å²) in [7, 11) is 1.83. The fraction of sp³-hybridized carbons (Fsp3) is 0.381. The van der Waals surface area contributed by atoms with E-state index in [0.717, 1.165) is 33.9 Å². The molecule has 32 heavy (non-hydrogen) atoms. The summed E-state index contributed by atoms with van der Waals surface area (Å²) >= 11 is 11.4. The summed E-state index contributed by atoms with van der Waals surface area (Å²) in [5.41, 5.74) is 1.76. The molecule has 0 unspecified atom stereocenters. The van der Waals surface area contributed by atoms with Crippen LogP contribution in [0.3, 0.4) is 0 Å². The highest BCUT2D eigenvalue weighted by molar-refractivity contribution is 9.10. The number of thioether (sulfide) groups is 1. The van der Waals surface area contributed by atoms with Gasteiger partial charge in [0.05, 0.1) is 11.6 Å². The molecule has 0 spiro atoms. The largest absolute Gasteiger partial charge is 0.490 e. The molecule has 0 aliphatic carbocycles. The van der Waals surface area contributed by atoms with Crippen LogP contribution >= 0.6 is 39.3 Å². The summed E-state index contributed by atoms with van der Waals surface area (Å²) in [5, 5.41) is 16.0. The van der Waals surface area contributed by atoms with E-state index in [1.54, 1.807) is 22.5 Å². The van der Waals surface area contributed by atoms with Gasteiger partial charge in [0.1, 0.15) is 12.4 Å². The number of rotatable bonds is 12. The van der Waals surface area contributed by atoms with Gasteiger partial charge < -0.3 is 14.8 Å². The molecule has 172 valence electrons. The van der Waals surface area contributed by atoms with Crippen molar-refractivity contribution in [3.05, 3.63) is 56.8 Å². The van der Waals surface area contributed by atoms with Gasteiger partial charge >= 0.3 is 0 Å². The van der Waals surface area contributed by atoms with Crippen LogP contribution < -0.4 is 14.8 Å². The number of aromatic nitrogens is 4. The molecule has 0 atom stereocenters. The van der Waals surface area contributed by atoms with E-state index in [4.69, 9.17) is 21.1 Å². The number of halogens is 3. The maximum Gasteiger partial charge on any atom is 0.209 e. The van der Waals surface area contributed by atoms with Gasteiger partial charge in [0.15, 0.2) is 11.5 Å². The number of benzene rings is 2. The summed E-state index contributed by atoms with van der Waals surface area (Å²) in [4.78, 5) is 0. The number of ether oxygens (including phenoxy) is 2. The molecule has 0 bridgehead atoms. The fourth-order valence-corrected chi connectivity index (χ4v) is 4.29. The van der Waals surface area contributed by atoms with Crippen LogP contribution in [-0.4, -0.2) is 39.1 Å². The Morgan fingerprint density at radius 2 is 2.00 bits per heavy atom. The molecule has 7 nitrogen and oxygen atoms in total. The number of aryl methyl sites for hydroxylation is 1. The molecule has 0 amide bonds. The van der Waals surface area contributed by atoms with Crippen molar-refractivity contribution < 1.29 is 13.9 Å². The van der Waals surface area contributed by atoms with Crippen LogP contribution in [-0.2, 0) is 20.2 Å². The highest BCUT2D eigenvalue weighted by Crippen LogP contribution is 2.35. The molecule has 3 rings (SSSR count). The topological polar surface area (TPSA) is 74.1 Å². The normalized spacial score (nSPS) is 11.0. The highest BCUT2D eigenvalue weighted by Gasteiger charge is 2.12. The quantitative estimate of drug-likeness (QED) is 0.254. The van der Waals surface area contributed by atoms with Crippen molar-refractivity contribution in [1.82, 2.24) is 25.5 Å². The van der Waals surface area contributed by atoms with E-state index in [-0.39, 0.29) is 12.4 Å². The molecule has 0 saturated carbocycles. The lowest BCUT2D eigenvalue weighted by atomic mass is 10.2. The van der Waals surface area contributed by atoms with Crippen LogP contribution in [0.2, 0.25) is 5.02 Å². The second kappa shape index (κ2) is 12.4. The third-order valence-electron chi connectivity index (χ3n) is 4.44. The van der Waals surface area contributed by atoms with Crippen molar-refractivity contribution in [3.63, 3.8) is 0 Å². The SMILES string of the molecule is CCOc1cc(CNCCCSc2nnnn2C)c(Br)cc1OCc1ccc(F)cc1Cl. The summed E-state index contributed by atoms with van der Waals surface area (Å²) in [5.74, 6) is 1.79. The van der Waals surface area contributed by atoms with Gasteiger partial charge in [-0.25, -0.2) is 9.07 Å². The van der Waals surface area contributed by atoms with Gasteiger partial charge in [-0.05, 0) is 60.1 Å². The van der Waals surface area contributed by atoms with Crippen LogP contribution in [0.4, 0.5) is 4.39 Å². The molecule has 1 heterocycles. The van der Waals surface area contributed by atoms with E-state index < -0.39 is 0 Å². The molecular weight excluding hydrogens is 521 g/mol. The minimum absolute atomic E-state index is 0.210.